The third kappa shape index (κ3) is 4.28. The predicted molar refractivity (Wildman–Crippen MR) is 62.3 cm³/mol. The minimum absolute atomic E-state index is 0.0395. The van der Waals surface area contributed by atoms with Crippen LogP contribution in [0.4, 0.5) is 4.39 Å². The molecule has 4 heteroatoms. The molecule has 0 heterocycles. The highest BCUT2D eigenvalue weighted by Gasteiger charge is 2.06. The molecule has 0 saturated heterocycles. The van der Waals surface area contributed by atoms with Gasteiger partial charge in [-0.05, 0) is 47.0 Å². The van der Waals surface area contributed by atoms with Crippen LogP contribution in [-0.2, 0) is 11.2 Å². The summed E-state index contributed by atoms with van der Waals surface area (Å²) in [6.45, 7) is 3.13. The summed E-state index contributed by atoms with van der Waals surface area (Å²) in [7, 11) is 0. The second-order valence-corrected chi connectivity index (χ2v) is 4.23. The number of hydrogen-bond donors (Lipinski definition) is 1. The van der Waals surface area contributed by atoms with E-state index in [9.17, 15) is 4.39 Å². The Hall–Kier alpha value is -0.450. The highest BCUT2D eigenvalue weighted by molar-refractivity contribution is 9.10. The third-order valence-corrected chi connectivity index (χ3v) is 2.63. The van der Waals surface area contributed by atoms with Gasteiger partial charge < -0.3 is 10.5 Å². The van der Waals surface area contributed by atoms with E-state index in [4.69, 9.17) is 10.5 Å². The molecule has 1 aromatic rings. The van der Waals surface area contributed by atoms with Crippen molar-refractivity contribution in [1.29, 1.82) is 0 Å². The summed E-state index contributed by atoms with van der Waals surface area (Å²) in [6.07, 6.45) is 0.693. The first kappa shape index (κ1) is 12.6. The Morgan fingerprint density at radius 3 is 2.87 bits per heavy atom. The van der Waals surface area contributed by atoms with Gasteiger partial charge in [0.15, 0.2) is 0 Å². The molecule has 1 unspecified atom stereocenters. The summed E-state index contributed by atoms with van der Waals surface area (Å²) in [6, 6.07) is 4.89. The number of ether oxygens (including phenoxy) is 1. The van der Waals surface area contributed by atoms with E-state index in [1.807, 2.05) is 6.92 Å². The molecule has 15 heavy (non-hydrogen) atoms. The summed E-state index contributed by atoms with van der Waals surface area (Å²) in [5.41, 5.74) is 6.86. The lowest BCUT2D eigenvalue weighted by Crippen LogP contribution is -2.28. The zero-order chi connectivity index (χ0) is 11.3. The Bertz CT molecular complexity index is 319. The van der Waals surface area contributed by atoms with Crippen molar-refractivity contribution < 1.29 is 9.13 Å². The van der Waals surface area contributed by atoms with Crippen LogP contribution in [0.3, 0.4) is 0 Å². The standard InChI is InChI=1S/C11H15BrFNO/c1-2-15-7-9(14)5-8-3-4-11(13)10(12)6-8/h3-4,6,9H,2,5,7,14H2,1H3. The first-order valence-electron chi connectivity index (χ1n) is 4.90. The number of benzene rings is 1. The summed E-state index contributed by atoms with van der Waals surface area (Å²) in [5, 5.41) is 0. The Balaban J connectivity index is 2.53. The van der Waals surface area contributed by atoms with Crippen molar-refractivity contribution in [3.05, 3.63) is 34.1 Å². The van der Waals surface area contributed by atoms with E-state index >= 15 is 0 Å². The molecule has 0 radical (unpaired) electrons. The fourth-order valence-electron chi connectivity index (χ4n) is 1.30. The van der Waals surface area contributed by atoms with E-state index in [1.165, 1.54) is 6.07 Å². The van der Waals surface area contributed by atoms with Gasteiger partial charge in [0.1, 0.15) is 5.82 Å². The maximum atomic E-state index is 12.9. The molecule has 0 amide bonds. The monoisotopic (exact) mass is 275 g/mol. The smallest absolute Gasteiger partial charge is 0.137 e. The van der Waals surface area contributed by atoms with E-state index in [0.29, 0.717) is 24.1 Å². The molecule has 0 aliphatic heterocycles. The van der Waals surface area contributed by atoms with Crippen molar-refractivity contribution in [3.63, 3.8) is 0 Å². The van der Waals surface area contributed by atoms with Crippen LogP contribution >= 0.6 is 15.9 Å². The van der Waals surface area contributed by atoms with E-state index in [2.05, 4.69) is 15.9 Å². The molecule has 0 bridgehead atoms. The largest absolute Gasteiger partial charge is 0.380 e. The average molecular weight is 276 g/mol. The van der Waals surface area contributed by atoms with Crippen molar-refractivity contribution in [2.75, 3.05) is 13.2 Å². The number of hydrogen-bond acceptors (Lipinski definition) is 2. The molecule has 1 atom stereocenters. The van der Waals surface area contributed by atoms with Gasteiger partial charge in [-0.3, -0.25) is 0 Å². The summed E-state index contributed by atoms with van der Waals surface area (Å²) in [5.74, 6) is -0.253. The Morgan fingerprint density at radius 1 is 1.53 bits per heavy atom. The molecule has 0 saturated carbocycles. The molecule has 84 valence electrons. The summed E-state index contributed by atoms with van der Waals surface area (Å²) < 4.78 is 18.6. The second kappa shape index (κ2) is 6.20. The lowest BCUT2D eigenvalue weighted by molar-refractivity contribution is 0.133. The van der Waals surface area contributed by atoms with Gasteiger partial charge in [0.25, 0.3) is 0 Å². The molecule has 0 aliphatic rings. The van der Waals surface area contributed by atoms with Gasteiger partial charge in [0.05, 0.1) is 11.1 Å². The van der Waals surface area contributed by atoms with Crippen LogP contribution in [0.25, 0.3) is 0 Å². The van der Waals surface area contributed by atoms with Gasteiger partial charge in [-0.1, -0.05) is 6.07 Å². The van der Waals surface area contributed by atoms with Crippen LogP contribution in [0.1, 0.15) is 12.5 Å². The predicted octanol–water partition coefficient (Wildman–Crippen LogP) is 2.49. The maximum absolute atomic E-state index is 12.9. The van der Waals surface area contributed by atoms with Crippen LogP contribution in [0.2, 0.25) is 0 Å². The van der Waals surface area contributed by atoms with Crippen molar-refractivity contribution in [3.8, 4) is 0 Å². The SMILES string of the molecule is CCOCC(N)Cc1ccc(F)c(Br)c1. The van der Waals surface area contributed by atoms with Crippen molar-refractivity contribution in [2.45, 2.75) is 19.4 Å². The molecule has 0 fully saturated rings. The quantitative estimate of drug-likeness (QED) is 0.896. The Labute approximate surface area is 97.7 Å². The minimum atomic E-state index is -0.253. The zero-order valence-electron chi connectivity index (χ0n) is 8.67. The van der Waals surface area contributed by atoms with Crippen LogP contribution in [0, 0.1) is 5.82 Å². The molecular weight excluding hydrogens is 261 g/mol. The van der Waals surface area contributed by atoms with Gasteiger partial charge in [-0.25, -0.2) is 4.39 Å². The first-order chi connectivity index (χ1) is 7.13. The van der Waals surface area contributed by atoms with Crippen LogP contribution in [0.5, 0.6) is 0 Å². The first-order valence-corrected chi connectivity index (χ1v) is 5.70. The second-order valence-electron chi connectivity index (χ2n) is 3.37. The number of rotatable bonds is 5. The van der Waals surface area contributed by atoms with E-state index in [1.54, 1.807) is 12.1 Å². The van der Waals surface area contributed by atoms with Crippen LogP contribution < -0.4 is 5.73 Å². The molecule has 0 spiro atoms. The molecule has 0 aliphatic carbocycles. The fraction of sp³-hybridized carbons (Fsp3) is 0.455. The highest BCUT2D eigenvalue weighted by Crippen LogP contribution is 2.17. The van der Waals surface area contributed by atoms with E-state index in [0.717, 1.165) is 5.56 Å². The Morgan fingerprint density at radius 2 is 2.27 bits per heavy atom. The summed E-state index contributed by atoms with van der Waals surface area (Å²) in [4.78, 5) is 0. The molecule has 0 aromatic heterocycles. The van der Waals surface area contributed by atoms with Gasteiger partial charge >= 0.3 is 0 Å². The highest BCUT2D eigenvalue weighted by atomic mass is 79.9. The van der Waals surface area contributed by atoms with E-state index < -0.39 is 0 Å². The normalized spacial score (nSPS) is 12.8. The lowest BCUT2D eigenvalue weighted by Gasteiger charge is -2.11. The fourth-order valence-corrected chi connectivity index (χ4v) is 1.72. The van der Waals surface area contributed by atoms with Crippen LogP contribution in [-0.4, -0.2) is 19.3 Å². The Kier molecular flexibility index (Phi) is 5.22. The van der Waals surface area contributed by atoms with Crippen LogP contribution in [0.15, 0.2) is 22.7 Å². The van der Waals surface area contributed by atoms with Gasteiger partial charge in [-0.2, -0.15) is 0 Å². The zero-order valence-corrected chi connectivity index (χ0v) is 10.3. The molecule has 1 aromatic carbocycles. The van der Waals surface area contributed by atoms with Crippen molar-refractivity contribution in [1.82, 2.24) is 0 Å². The molecule has 1 rings (SSSR count). The van der Waals surface area contributed by atoms with E-state index in [-0.39, 0.29) is 11.9 Å². The average Bonchev–Trinajstić information content (AvgIpc) is 2.20. The lowest BCUT2D eigenvalue weighted by atomic mass is 10.1. The molecule has 2 nitrogen and oxygen atoms in total. The van der Waals surface area contributed by atoms with Gasteiger partial charge in [-0.15, -0.1) is 0 Å². The topological polar surface area (TPSA) is 35.2 Å². The molecular formula is C11H15BrFNO. The summed E-state index contributed by atoms with van der Waals surface area (Å²) >= 11 is 3.14. The van der Waals surface area contributed by atoms with Crippen molar-refractivity contribution >= 4 is 15.9 Å². The van der Waals surface area contributed by atoms with Gasteiger partial charge in [0.2, 0.25) is 0 Å². The maximum Gasteiger partial charge on any atom is 0.137 e. The minimum Gasteiger partial charge on any atom is -0.380 e. The van der Waals surface area contributed by atoms with Crippen molar-refractivity contribution in [2.24, 2.45) is 5.73 Å². The van der Waals surface area contributed by atoms with Gasteiger partial charge in [0, 0.05) is 12.6 Å². The number of halogens is 2. The third-order valence-electron chi connectivity index (χ3n) is 2.02. The number of nitrogens with two attached hydrogens (primary N) is 1. The molecule has 2 N–H and O–H groups in total.